The number of nitrogens with zero attached hydrogens (tertiary/aromatic N) is 3. The summed E-state index contributed by atoms with van der Waals surface area (Å²) in [5.74, 6) is 1.45. The predicted molar refractivity (Wildman–Crippen MR) is 85.0 cm³/mol. The molecule has 3 aromatic rings. The molecule has 5 nitrogen and oxygen atoms in total. The summed E-state index contributed by atoms with van der Waals surface area (Å²) in [7, 11) is 0. The molecule has 0 amide bonds. The second-order valence-electron chi connectivity index (χ2n) is 5.03. The van der Waals surface area contributed by atoms with Crippen molar-refractivity contribution >= 4 is 17.0 Å². The van der Waals surface area contributed by atoms with Crippen LogP contribution in [0.15, 0.2) is 48.3 Å². The first-order valence-corrected chi connectivity index (χ1v) is 6.88. The van der Waals surface area contributed by atoms with E-state index in [1.807, 2.05) is 30.3 Å². The van der Waals surface area contributed by atoms with Crippen molar-refractivity contribution in [1.82, 2.24) is 19.9 Å². The lowest BCUT2D eigenvalue weighted by atomic mass is 10.2. The van der Waals surface area contributed by atoms with E-state index in [0.717, 1.165) is 23.4 Å². The van der Waals surface area contributed by atoms with Gasteiger partial charge in [-0.15, -0.1) is 0 Å². The third kappa shape index (κ3) is 2.91. The topological polar surface area (TPSA) is 66.5 Å². The molecule has 2 heterocycles. The second-order valence-corrected chi connectivity index (χ2v) is 5.03. The van der Waals surface area contributed by atoms with Crippen LogP contribution >= 0.6 is 0 Å². The van der Waals surface area contributed by atoms with Crippen LogP contribution in [0.4, 0.5) is 5.82 Å². The largest absolute Gasteiger partial charge is 0.365 e. The highest BCUT2D eigenvalue weighted by Gasteiger charge is 2.10. The van der Waals surface area contributed by atoms with E-state index in [1.165, 1.54) is 5.57 Å². The number of benzene rings is 1. The maximum Gasteiger partial charge on any atom is 0.183 e. The third-order valence-corrected chi connectivity index (χ3v) is 3.10. The van der Waals surface area contributed by atoms with Crippen LogP contribution in [0, 0.1) is 0 Å². The van der Waals surface area contributed by atoms with E-state index in [9.17, 15) is 0 Å². The average Bonchev–Trinajstić information content (AvgIpc) is 2.96. The van der Waals surface area contributed by atoms with Gasteiger partial charge in [-0.25, -0.2) is 15.0 Å². The maximum absolute atomic E-state index is 4.62. The molecule has 0 fully saturated rings. The van der Waals surface area contributed by atoms with Gasteiger partial charge in [-0.05, 0) is 13.8 Å². The number of allylic oxidation sites excluding steroid dienone is 1. The molecule has 0 unspecified atom stereocenters. The lowest BCUT2D eigenvalue weighted by molar-refractivity contribution is 1.16. The minimum absolute atomic E-state index is 0.670. The van der Waals surface area contributed by atoms with E-state index in [2.05, 4.69) is 45.2 Å². The molecule has 3 rings (SSSR count). The number of rotatable bonds is 4. The first-order chi connectivity index (χ1) is 10.2. The Balaban J connectivity index is 2.01. The Morgan fingerprint density at radius 2 is 2.00 bits per heavy atom. The Morgan fingerprint density at radius 1 is 1.19 bits per heavy atom. The zero-order chi connectivity index (χ0) is 14.7. The minimum atomic E-state index is 0.670. The van der Waals surface area contributed by atoms with Crippen LogP contribution in [-0.2, 0) is 0 Å². The monoisotopic (exact) mass is 279 g/mol. The Bertz CT molecular complexity index is 770. The lowest BCUT2D eigenvalue weighted by Crippen LogP contribution is -2.04. The van der Waals surface area contributed by atoms with Crippen molar-refractivity contribution in [2.45, 2.75) is 13.8 Å². The van der Waals surface area contributed by atoms with Gasteiger partial charge in [0.05, 0.1) is 6.33 Å². The Kier molecular flexibility index (Phi) is 3.64. The van der Waals surface area contributed by atoms with Crippen molar-refractivity contribution in [3.05, 3.63) is 48.3 Å². The van der Waals surface area contributed by atoms with Gasteiger partial charge in [0.25, 0.3) is 0 Å². The van der Waals surface area contributed by atoms with Crippen molar-refractivity contribution in [2.24, 2.45) is 0 Å². The van der Waals surface area contributed by atoms with E-state index in [1.54, 1.807) is 6.33 Å². The molecule has 2 N–H and O–H groups in total. The van der Waals surface area contributed by atoms with Crippen LogP contribution in [0.3, 0.4) is 0 Å². The smallest absolute Gasteiger partial charge is 0.183 e. The highest BCUT2D eigenvalue weighted by molar-refractivity contribution is 5.84. The second kappa shape index (κ2) is 5.75. The van der Waals surface area contributed by atoms with Crippen LogP contribution in [-0.4, -0.2) is 26.5 Å². The Morgan fingerprint density at radius 3 is 2.76 bits per heavy atom. The van der Waals surface area contributed by atoms with Gasteiger partial charge in [0.1, 0.15) is 5.52 Å². The summed E-state index contributed by atoms with van der Waals surface area (Å²) in [6.45, 7) is 4.87. The van der Waals surface area contributed by atoms with Gasteiger partial charge < -0.3 is 10.3 Å². The summed E-state index contributed by atoms with van der Waals surface area (Å²) < 4.78 is 0. The predicted octanol–water partition coefficient (Wildman–Crippen LogP) is 3.40. The lowest BCUT2D eigenvalue weighted by Gasteiger charge is -2.07. The Hall–Kier alpha value is -2.69. The van der Waals surface area contributed by atoms with Crippen LogP contribution in [0.2, 0.25) is 0 Å². The van der Waals surface area contributed by atoms with Crippen molar-refractivity contribution in [1.29, 1.82) is 0 Å². The molecule has 0 atom stereocenters. The number of fused-ring (bicyclic) bond motifs is 1. The molecular formula is C16H17N5. The fraction of sp³-hybridized carbons (Fsp3) is 0.188. The number of nitrogens with one attached hydrogen (secondary N) is 2. The van der Waals surface area contributed by atoms with Crippen molar-refractivity contribution in [2.75, 3.05) is 11.9 Å². The third-order valence-electron chi connectivity index (χ3n) is 3.10. The minimum Gasteiger partial charge on any atom is -0.365 e. The summed E-state index contributed by atoms with van der Waals surface area (Å²) in [6, 6.07) is 9.92. The van der Waals surface area contributed by atoms with Gasteiger partial charge in [0, 0.05) is 12.1 Å². The number of imidazole rings is 1. The summed E-state index contributed by atoms with van der Waals surface area (Å²) in [5.41, 5.74) is 3.74. The standard InChI is InChI=1S/C16H17N5/c1-11(2)8-9-17-15-13-16(19-10-18-13)21-14(20-15)12-6-4-3-5-7-12/h3-8,10H,9H2,1-2H3,(H2,17,18,19,20,21). The first-order valence-electron chi connectivity index (χ1n) is 6.88. The van der Waals surface area contributed by atoms with Crippen LogP contribution in [0.5, 0.6) is 0 Å². The molecule has 0 radical (unpaired) electrons. The molecule has 21 heavy (non-hydrogen) atoms. The normalized spacial score (nSPS) is 10.6. The maximum atomic E-state index is 4.62. The number of aromatic amines is 1. The molecule has 0 bridgehead atoms. The van der Waals surface area contributed by atoms with Crippen molar-refractivity contribution < 1.29 is 0 Å². The summed E-state index contributed by atoms with van der Waals surface area (Å²) >= 11 is 0. The van der Waals surface area contributed by atoms with E-state index >= 15 is 0 Å². The molecule has 106 valence electrons. The summed E-state index contributed by atoms with van der Waals surface area (Å²) in [4.78, 5) is 16.5. The van der Waals surface area contributed by atoms with E-state index < -0.39 is 0 Å². The highest BCUT2D eigenvalue weighted by Crippen LogP contribution is 2.22. The molecule has 0 saturated heterocycles. The molecule has 2 aromatic heterocycles. The fourth-order valence-electron chi connectivity index (χ4n) is 2.03. The van der Waals surface area contributed by atoms with Gasteiger partial charge in [-0.3, -0.25) is 0 Å². The summed E-state index contributed by atoms with van der Waals surface area (Å²) in [5, 5.41) is 3.32. The van der Waals surface area contributed by atoms with Gasteiger partial charge in [-0.2, -0.15) is 0 Å². The number of aromatic nitrogens is 4. The molecule has 0 aliphatic heterocycles. The highest BCUT2D eigenvalue weighted by atomic mass is 15.1. The molecule has 1 aromatic carbocycles. The number of anilines is 1. The fourth-order valence-corrected chi connectivity index (χ4v) is 2.03. The van der Waals surface area contributed by atoms with Crippen LogP contribution in [0.25, 0.3) is 22.6 Å². The number of hydrogen-bond donors (Lipinski definition) is 2. The summed E-state index contributed by atoms with van der Waals surface area (Å²) in [6.07, 6.45) is 3.76. The van der Waals surface area contributed by atoms with Gasteiger partial charge in [0.15, 0.2) is 17.3 Å². The molecule has 5 heteroatoms. The molecule has 0 saturated carbocycles. The van der Waals surface area contributed by atoms with E-state index in [0.29, 0.717) is 11.5 Å². The Labute approximate surface area is 123 Å². The quantitative estimate of drug-likeness (QED) is 0.718. The van der Waals surface area contributed by atoms with Gasteiger partial charge in [-0.1, -0.05) is 42.0 Å². The van der Waals surface area contributed by atoms with E-state index in [4.69, 9.17) is 0 Å². The van der Waals surface area contributed by atoms with Crippen molar-refractivity contribution in [3.8, 4) is 11.4 Å². The molecule has 0 spiro atoms. The SMILES string of the molecule is CC(C)=CCNc1nc(-c2ccccc2)nc2nc[nH]c12. The van der Waals surface area contributed by atoms with Gasteiger partial charge >= 0.3 is 0 Å². The van der Waals surface area contributed by atoms with Crippen LogP contribution < -0.4 is 5.32 Å². The van der Waals surface area contributed by atoms with E-state index in [-0.39, 0.29) is 0 Å². The number of hydrogen-bond acceptors (Lipinski definition) is 4. The van der Waals surface area contributed by atoms with Crippen LogP contribution in [0.1, 0.15) is 13.8 Å². The van der Waals surface area contributed by atoms with Crippen molar-refractivity contribution in [3.63, 3.8) is 0 Å². The zero-order valence-corrected chi connectivity index (χ0v) is 12.1. The molecule has 0 aliphatic rings. The average molecular weight is 279 g/mol. The number of H-pyrrole nitrogens is 1. The van der Waals surface area contributed by atoms with Gasteiger partial charge in [0.2, 0.25) is 0 Å². The first kappa shape index (κ1) is 13.3. The molecule has 0 aliphatic carbocycles. The zero-order valence-electron chi connectivity index (χ0n) is 12.1. The molecular weight excluding hydrogens is 262 g/mol.